The van der Waals surface area contributed by atoms with Gasteiger partial charge in [-0.3, -0.25) is 10.2 Å². The number of halogens is 3. The molecular formula is C24H31F3N2O2. The van der Waals surface area contributed by atoms with Crippen LogP contribution in [-0.4, -0.2) is 30.2 Å². The summed E-state index contributed by atoms with van der Waals surface area (Å²) in [6.45, 7) is 6.08. The van der Waals surface area contributed by atoms with Crippen LogP contribution >= 0.6 is 0 Å². The largest absolute Gasteiger partial charge is 0.494 e. The maximum atomic E-state index is 13.9. The number of hydrogen-bond acceptors (Lipinski definition) is 3. The van der Waals surface area contributed by atoms with Gasteiger partial charge in [0.1, 0.15) is 11.8 Å². The number of nitrogens with zero attached hydrogens (tertiary/aromatic N) is 1. The van der Waals surface area contributed by atoms with Crippen molar-refractivity contribution in [2.75, 3.05) is 13.2 Å². The molecule has 4 nitrogen and oxygen atoms in total. The third-order valence-electron chi connectivity index (χ3n) is 5.72. The Morgan fingerprint density at radius 1 is 1.06 bits per heavy atom. The quantitative estimate of drug-likeness (QED) is 0.478. The van der Waals surface area contributed by atoms with Gasteiger partial charge < -0.3 is 4.74 Å². The molecule has 1 aliphatic heterocycles. The molecule has 31 heavy (non-hydrogen) atoms. The molecule has 3 rings (SSSR count). The van der Waals surface area contributed by atoms with Gasteiger partial charge in [-0.2, -0.15) is 13.2 Å². The van der Waals surface area contributed by atoms with Crippen molar-refractivity contribution in [1.29, 1.82) is 0 Å². The third kappa shape index (κ3) is 5.70. The molecule has 0 saturated carbocycles. The first-order chi connectivity index (χ1) is 14.6. The molecule has 1 saturated heterocycles. The molecule has 1 N–H and O–H groups in total. The molecule has 7 heteroatoms. The molecular weight excluding hydrogens is 405 g/mol. The molecule has 1 unspecified atom stereocenters. The number of carbonyl (C=O) groups is 1. The molecule has 1 amide bonds. The van der Waals surface area contributed by atoms with E-state index in [9.17, 15) is 18.0 Å². The van der Waals surface area contributed by atoms with Gasteiger partial charge in [0, 0.05) is 6.54 Å². The Balaban J connectivity index is 1.75. The van der Waals surface area contributed by atoms with Crippen LogP contribution in [0.1, 0.15) is 64.5 Å². The van der Waals surface area contributed by atoms with Crippen molar-refractivity contribution < 1.29 is 22.7 Å². The highest BCUT2D eigenvalue weighted by Crippen LogP contribution is 2.41. The van der Waals surface area contributed by atoms with Gasteiger partial charge in [-0.05, 0) is 54.8 Å². The second-order valence-electron chi connectivity index (χ2n) is 8.93. The summed E-state index contributed by atoms with van der Waals surface area (Å²) in [4.78, 5) is 12.0. The summed E-state index contributed by atoms with van der Waals surface area (Å²) in [5.41, 5.74) is 1.63. The number of carbonyl (C=O) groups excluding carboxylic acids is 1. The Morgan fingerprint density at radius 3 is 2.39 bits per heavy atom. The fourth-order valence-electron chi connectivity index (χ4n) is 3.92. The summed E-state index contributed by atoms with van der Waals surface area (Å²) in [5.74, 6) is 0.315. The normalized spacial score (nSPS) is 17.7. The Morgan fingerprint density at radius 2 is 1.74 bits per heavy atom. The highest BCUT2D eigenvalue weighted by molar-refractivity contribution is 5.85. The minimum absolute atomic E-state index is 0.0148. The lowest BCUT2D eigenvalue weighted by molar-refractivity contribution is -0.191. The topological polar surface area (TPSA) is 41.6 Å². The Labute approximate surface area is 181 Å². The zero-order valence-corrected chi connectivity index (χ0v) is 18.4. The monoisotopic (exact) mass is 436 g/mol. The first-order valence-corrected chi connectivity index (χ1v) is 10.9. The van der Waals surface area contributed by atoms with E-state index < -0.39 is 23.5 Å². The van der Waals surface area contributed by atoms with Crippen LogP contribution in [0.15, 0.2) is 36.4 Å². The van der Waals surface area contributed by atoms with Crippen molar-refractivity contribution in [3.63, 3.8) is 0 Å². The molecule has 1 heterocycles. The third-order valence-corrected chi connectivity index (χ3v) is 5.72. The predicted octanol–water partition coefficient (Wildman–Crippen LogP) is 6.17. The van der Waals surface area contributed by atoms with E-state index in [4.69, 9.17) is 4.74 Å². The lowest BCUT2D eigenvalue weighted by atomic mass is 9.93. The van der Waals surface area contributed by atoms with Crippen LogP contribution in [0, 0.1) is 5.41 Å². The van der Waals surface area contributed by atoms with Crippen LogP contribution in [0.3, 0.4) is 0 Å². The van der Waals surface area contributed by atoms with Gasteiger partial charge in [-0.1, -0.05) is 50.8 Å². The molecule has 1 atom stereocenters. The lowest BCUT2D eigenvalue weighted by Gasteiger charge is -2.30. The van der Waals surface area contributed by atoms with Crippen LogP contribution in [0.2, 0.25) is 0 Å². The molecule has 0 aliphatic carbocycles. The Hall–Kier alpha value is -2.28. The van der Waals surface area contributed by atoms with Crippen molar-refractivity contribution in [1.82, 2.24) is 10.4 Å². The molecule has 0 bridgehead atoms. The van der Waals surface area contributed by atoms with E-state index in [-0.39, 0.29) is 12.1 Å². The molecule has 0 spiro atoms. The van der Waals surface area contributed by atoms with E-state index in [1.807, 2.05) is 6.07 Å². The van der Waals surface area contributed by atoms with E-state index in [0.717, 1.165) is 29.0 Å². The highest BCUT2D eigenvalue weighted by atomic mass is 19.4. The Kier molecular flexibility index (Phi) is 7.14. The van der Waals surface area contributed by atoms with Crippen LogP contribution in [-0.2, 0) is 4.79 Å². The van der Waals surface area contributed by atoms with Gasteiger partial charge in [-0.15, -0.1) is 0 Å². The first-order valence-electron chi connectivity index (χ1n) is 10.9. The number of unbranched alkanes of at least 4 members (excludes halogenated alkanes) is 4. The number of fused-ring (bicyclic) bond motifs is 1. The summed E-state index contributed by atoms with van der Waals surface area (Å²) in [6, 6.07) is 8.23. The van der Waals surface area contributed by atoms with E-state index in [0.29, 0.717) is 12.0 Å². The van der Waals surface area contributed by atoms with Gasteiger partial charge in [-0.25, -0.2) is 5.01 Å². The smallest absolute Gasteiger partial charge is 0.409 e. The minimum atomic E-state index is -4.53. The number of hydrogen-bond donors (Lipinski definition) is 1. The fourth-order valence-corrected chi connectivity index (χ4v) is 3.92. The number of nitrogens with one attached hydrogen (secondary N) is 1. The van der Waals surface area contributed by atoms with E-state index in [1.165, 1.54) is 25.3 Å². The molecule has 2 aromatic carbocycles. The molecule has 0 radical (unpaired) electrons. The van der Waals surface area contributed by atoms with Crippen molar-refractivity contribution in [2.24, 2.45) is 5.41 Å². The van der Waals surface area contributed by atoms with E-state index in [1.54, 1.807) is 38.1 Å². The summed E-state index contributed by atoms with van der Waals surface area (Å²) in [6.07, 6.45) is 1.23. The van der Waals surface area contributed by atoms with Crippen LogP contribution in [0.25, 0.3) is 10.8 Å². The zero-order chi connectivity index (χ0) is 22.6. The number of rotatable bonds is 9. The number of amides is 1. The molecule has 0 aromatic heterocycles. The van der Waals surface area contributed by atoms with Gasteiger partial charge in [0.2, 0.25) is 5.91 Å². The Bertz CT molecular complexity index is 911. The van der Waals surface area contributed by atoms with Crippen molar-refractivity contribution in [3.05, 3.63) is 42.0 Å². The average Bonchev–Trinajstić information content (AvgIpc) is 2.95. The average molecular weight is 437 g/mol. The molecule has 1 fully saturated rings. The fraction of sp³-hybridized carbons (Fsp3) is 0.542. The molecule has 2 aromatic rings. The number of benzene rings is 2. The summed E-state index contributed by atoms with van der Waals surface area (Å²) in [7, 11) is 0. The second-order valence-corrected chi connectivity index (χ2v) is 8.93. The maximum Gasteiger partial charge on any atom is 0.409 e. The van der Waals surface area contributed by atoms with E-state index in [2.05, 4.69) is 12.3 Å². The molecule has 170 valence electrons. The number of hydrazine groups is 1. The van der Waals surface area contributed by atoms with Crippen LogP contribution in [0.5, 0.6) is 5.75 Å². The second kappa shape index (κ2) is 9.47. The standard InChI is InChI=1S/C24H31F3N2O2/c1-4-5-6-7-8-13-31-20-12-11-17-14-19(10-9-18(17)15-20)21(24(25,26)27)29-16-23(2,3)22(30)28-29/h9-12,14-15,21H,4-8,13,16H2,1-3H3,(H,28,30). The summed E-state index contributed by atoms with van der Waals surface area (Å²) >= 11 is 0. The number of alkyl halides is 3. The summed E-state index contributed by atoms with van der Waals surface area (Å²) < 4.78 is 47.6. The van der Waals surface area contributed by atoms with Crippen molar-refractivity contribution >= 4 is 16.7 Å². The first kappa shape index (κ1) is 23.4. The maximum absolute atomic E-state index is 13.9. The highest BCUT2D eigenvalue weighted by Gasteiger charge is 2.51. The van der Waals surface area contributed by atoms with E-state index >= 15 is 0 Å². The van der Waals surface area contributed by atoms with Gasteiger partial charge in [0.25, 0.3) is 0 Å². The van der Waals surface area contributed by atoms with Crippen molar-refractivity contribution in [3.8, 4) is 5.75 Å². The summed E-state index contributed by atoms with van der Waals surface area (Å²) in [5, 5.41) is 2.52. The van der Waals surface area contributed by atoms with Gasteiger partial charge in [0.05, 0.1) is 12.0 Å². The van der Waals surface area contributed by atoms with Crippen LogP contribution in [0.4, 0.5) is 13.2 Å². The predicted molar refractivity (Wildman–Crippen MR) is 116 cm³/mol. The van der Waals surface area contributed by atoms with Crippen molar-refractivity contribution in [2.45, 2.75) is 65.1 Å². The number of ether oxygens (including phenoxy) is 1. The van der Waals surface area contributed by atoms with Gasteiger partial charge in [0.15, 0.2) is 0 Å². The lowest BCUT2D eigenvalue weighted by Crippen LogP contribution is -2.43. The van der Waals surface area contributed by atoms with Gasteiger partial charge >= 0.3 is 6.18 Å². The zero-order valence-electron chi connectivity index (χ0n) is 18.4. The SMILES string of the molecule is CCCCCCCOc1ccc2cc(C(N3CC(C)(C)C(=O)N3)C(F)(F)F)ccc2c1. The molecule has 1 aliphatic rings. The van der Waals surface area contributed by atoms with Crippen LogP contribution < -0.4 is 10.2 Å². The minimum Gasteiger partial charge on any atom is -0.494 e.